The molecule has 1 aliphatic rings. The highest BCUT2D eigenvalue weighted by molar-refractivity contribution is 6.30. The molecule has 1 saturated heterocycles. The molecule has 2 heterocycles. The van der Waals surface area contributed by atoms with E-state index in [2.05, 4.69) is 15.3 Å². The molecule has 10 heteroatoms. The number of anilines is 2. The second-order valence-electron chi connectivity index (χ2n) is 6.39. The van der Waals surface area contributed by atoms with E-state index in [0.29, 0.717) is 12.0 Å². The molecule has 3 atom stereocenters. The van der Waals surface area contributed by atoms with Crippen molar-refractivity contribution in [1.82, 2.24) is 9.97 Å². The molecule has 1 fully saturated rings. The van der Waals surface area contributed by atoms with E-state index in [-0.39, 0.29) is 23.4 Å². The largest absolute Gasteiger partial charge is 0.447 e. The number of aliphatic hydroxyl groups excluding tert-OH is 1. The Morgan fingerprint density at radius 1 is 1.43 bits per heavy atom. The van der Waals surface area contributed by atoms with Crippen LogP contribution >= 0.6 is 11.6 Å². The van der Waals surface area contributed by atoms with Gasteiger partial charge >= 0.3 is 6.09 Å². The molecule has 150 valence electrons. The van der Waals surface area contributed by atoms with Crippen LogP contribution in [0.15, 0.2) is 24.4 Å². The fourth-order valence-electron chi connectivity index (χ4n) is 2.96. The minimum atomic E-state index is -0.903. The molecule has 1 aliphatic heterocycles. The maximum absolute atomic E-state index is 14.3. The molecular formula is C18H19ClF2N4O3. The van der Waals surface area contributed by atoms with Crippen molar-refractivity contribution < 1.29 is 23.4 Å². The number of ether oxygens (including phenoxy) is 1. The first-order valence-electron chi connectivity index (χ1n) is 8.69. The summed E-state index contributed by atoms with van der Waals surface area (Å²) in [6, 6.07) is 2.93. The Kier molecular flexibility index (Phi) is 5.95. The summed E-state index contributed by atoms with van der Waals surface area (Å²) in [5, 5.41) is 13.2. The number of aromatic nitrogens is 2. The average molecular weight is 413 g/mol. The highest BCUT2D eigenvalue weighted by Gasteiger charge is 2.40. The number of benzene rings is 1. The van der Waals surface area contributed by atoms with Crippen LogP contribution in [0.4, 0.5) is 25.3 Å². The van der Waals surface area contributed by atoms with Crippen LogP contribution in [-0.4, -0.2) is 39.9 Å². The zero-order chi connectivity index (χ0) is 20.4. The number of cyclic esters (lactones) is 1. The fraction of sp³-hybridized carbons (Fsp3) is 0.389. The van der Waals surface area contributed by atoms with E-state index in [4.69, 9.17) is 16.3 Å². The molecule has 28 heavy (non-hydrogen) atoms. The molecule has 1 aromatic carbocycles. The predicted molar refractivity (Wildman–Crippen MR) is 99.4 cm³/mol. The van der Waals surface area contributed by atoms with Gasteiger partial charge in [-0.15, -0.1) is 0 Å². The summed E-state index contributed by atoms with van der Waals surface area (Å²) in [4.78, 5) is 21.0. The highest BCUT2D eigenvalue weighted by Crippen LogP contribution is 2.28. The standard InChI is InChI=1S/C18H19ClF2N4O3/c1-3-15(26)14-8-28-18(27)25(14)16-13(21)7-22-17(24-16)23-9(2)11-5-4-10(19)6-12(11)20/h4-7,9,14-15,26H,3,8H2,1-2H3,(H,22,23,24)/t9-,14+,15+/m0/s1. The van der Waals surface area contributed by atoms with E-state index < -0.39 is 35.9 Å². The van der Waals surface area contributed by atoms with Gasteiger partial charge in [0.1, 0.15) is 18.5 Å². The van der Waals surface area contributed by atoms with E-state index in [1.165, 1.54) is 12.1 Å². The van der Waals surface area contributed by atoms with Crippen molar-refractivity contribution in [3.8, 4) is 0 Å². The molecule has 0 spiro atoms. The predicted octanol–water partition coefficient (Wildman–Crippen LogP) is 3.68. The lowest BCUT2D eigenvalue weighted by Gasteiger charge is -2.24. The van der Waals surface area contributed by atoms with E-state index in [0.717, 1.165) is 11.1 Å². The maximum atomic E-state index is 14.3. The van der Waals surface area contributed by atoms with Crippen molar-refractivity contribution in [3.05, 3.63) is 46.6 Å². The Morgan fingerprint density at radius 2 is 2.18 bits per heavy atom. The van der Waals surface area contributed by atoms with Gasteiger partial charge in [-0.25, -0.2) is 23.5 Å². The molecule has 0 bridgehead atoms. The van der Waals surface area contributed by atoms with Gasteiger partial charge in [0.15, 0.2) is 11.6 Å². The summed E-state index contributed by atoms with van der Waals surface area (Å²) in [5.74, 6) is -1.68. The van der Waals surface area contributed by atoms with Crippen LogP contribution in [0.1, 0.15) is 31.9 Å². The highest BCUT2D eigenvalue weighted by atomic mass is 35.5. The quantitative estimate of drug-likeness (QED) is 0.752. The number of nitrogens with zero attached hydrogens (tertiary/aromatic N) is 3. The molecule has 2 N–H and O–H groups in total. The number of rotatable bonds is 6. The van der Waals surface area contributed by atoms with Crippen molar-refractivity contribution in [2.75, 3.05) is 16.8 Å². The Balaban J connectivity index is 1.88. The smallest absolute Gasteiger partial charge is 0.416 e. The van der Waals surface area contributed by atoms with Gasteiger partial charge in [0.25, 0.3) is 0 Å². The second kappa shape index (κ2) is 8.24. The van der Waals surface area contributed by atoms with Gasteiger partial charge in [-0.3, -0.25) is 0 Å². The third kappa shape index (κ3) is 4.00. The summed E-state index contributed by atoms with van der Waals surface area (Å²) in [5.41, 5.74) is 0.318. The third-order valence-corrected chi connectivity index (χ3v) is 4.73. The van der Waals surface area contributed by atoms with E-state index in [9.17, 15) is 18.7 Å². The molecule has 0 radical (unpaired) electrons. The van der Waals surface area contributed by atoms with E-state index in [1.807, 2.05) is 0 Å². The lowest BCUT2D eigenvalue weighted by Crippen LogP contribution is -2.43. The number of hydrogen-bond donors (Lipinski definition) is 2. The lowest BCUT2D eigenvalue weighted by molar-refractivity contribution is 0.125. The van der Waals surface area contributed by atoms with Gasteiger partial charge in [-0.1, -0.05) is 24.6 Å². The number of amides is 1. The second-order valence-corrected chi connectivity index (χ2v) is 6.82. The molecule has 0 unspecified atom stereocenters. The molecule has 7 nitrogen and oxygen atoms in total. The van der Waals surface area contributed by atoms with Crippen LogP contribution in [0.2, 0.25) is 5.02 Å². The van der Waals surface area contributed by atoms with Crippen molar-refractivity contribution in [2.45, 2.75) is 38.5 Å². The first kappa shape index (κ1) is 20.2. The van der Waals surface area contributed by atoms with E-state index in [1.54, 1.807) is 19.9 Å². The van der Waals surface area contributed by atoms with Crippen LogP contribution in [0, 0.1) is 11.6 Å². The molecule has 1 amide bonds. The number of carbonyl (C=O) groups is 1. The molecule has 1 aromatic heterocycles. The summed E-state index contributed by atoms with van der Waals surface area (Å²) in [6.45, 7) is 3.33. The Bertz CT molecular complexity index is 886. The first-order valence-corrected chi connectivity index (χ1v) is 9.07. The topological polar surface area (TPSA) is 87.6 Å². The van der Waals surface area contributed by atoms with Crippen molar-refractivity contribution >= 4 is 29.5 Å². The van der Waals surface area contributed by atoms with Gasteiger partial charge in [0.2, 0.25) is 5.95 Å². The maximum Gasteiger partial charge on any atom is 0.416 e. The minimum Gasteiger partial charge on any atom is -0.447 e. The molecule has 0 aliphatic carbocycles. The first-order chi connectivity index (χ1) is 13.3. The number of hydrogen-bond acceptors (Lipinski definition) is 6. The van der Waals surface area contributed by atoms with E-state index >= 15 is 0 Å². The van der Waals surface area contributed by atoms with Gasteiger partial charge in [-0.05, 0) is 25.5 Å². The number of aliphatic hydroxyl groups is 1. The van der Waals surface area contributed by atoms with Gasteiger partial charge < -0.3 is 15.2 Å². The van der Waals surface area contributed by atoms with Gasteiger partial charge in [0.05, 0.1) is 18.3 Å². The SMILES string of the molecule is CC[C@@H](O)[C@H]1COC(=O)N1c1nc(N[C@@H](C)c2ccc(Cl)cc2F)ncc1F. The van der Waals surface area contributed by atoms with Crippen LogP contribution < -0.4 is 10.2 Å². The molecule has 3 rings (SSSR count). The zero-order valence-corrected chi connectivity index (χ0v) is 16.0. The molecule has 0 saturated carbocycles. The summed E-state index contributed by atoms with van der Waals surface area (Å²) < 4.78 is 33.4. The molecule has 2 aromatic rings. The van der Waals surface area contributed by atoms with Crippen LogP contribution in [0.25, 0.3) is 0 Å². The summed E-state index contributed by atoms with van der Waals surface area (Å²) >= 11 is 5.76. The summed E-state index contributed by atoms with van der Waals surface area (Å²) in [6.07, 6.45) is -0.462. The third-order valence-electron chi connectivity index (χ3n) is 4.50. The van der Waals surface area contributed by atoms with Gasteiger partial charge in [0, 0.05) is 10.6 Å². The average Bonchev–Trinajstić information content (AvgIpc) is 3.03. The van der Waals surface area contributed by atoms with Crippen LogP contribution in [-0.2, 0) is 4.74 Å². The van der Waals surface area contributed by atoms with Crippen molar-refractivity contribution in [3.63, 3.8) is 0 Å². The number of carbonyl (C=O) groups excluding carboxylic acids is 1. The van der Waals surface area contributed by atoms with Crippen LogP contribution in [0.5, 0.6) is 0 Å². The van der Waals surface area contributed by atoms with Crippen molar-refractivity contribution in [1.29, 1.82) is 0 Å². The Hall–Kier alpha value is -2.52. The monoisotopic (exact) mass is 412 g/mol. The number of halogens is 3. The normalized spacial score (nSPS) is 18.7. The Labute approximate surface area is 165 Å². The van der Waals surface area contributed by atoms with Gasteiger partial charge in [-0.2, -0.15) is 4.98 Å². The zero-order valence-electron chi connectivity index (χ0n) is 15.2. The fourth-order valence-corrected chi connectivity index (χ4v) is 3.11. The molecular weight excluding hydrogens is 394 g/mol. The number of nitrogens with one attached hydrogen (secondary N) is 1. The Morgan fingerprint density at radius 3 is 2.86 bits per heavy atom. The van der Waals surface area contributed by atoms with Crippen LogP contribution in [0.3, 0.4) is 0 Å². The summed E-state index contributed by atoms with van der Waals surface area (Å²) in [7, 11) is 0. The lowest BCUT2D eigenvalue weighted by atomic mass is 10.1. The minimum absolute atomic E-state index is 0.0114. The van der Waals surface area contributed by atoms with Crippen molar-refractivity contribution in [2.24, 2.45) is 0 Å².